The lowest BCUT2D eigenvalue weighted by molar-refractivity contribution is 0.0600. The molecule has 31 heavy (non-hydrogen) atoms. The highest BCUT2D eigenvalue weighted by molar-refractivity contribution is 7.92. The van der Waals surface area contributed by atoms with Crippen LogP contribution in [0.5, 0.6) is 17.2 Å². The van der Waals surface area contributed by atoms with Crippen LogP contribution < -0.4 is 18.9 Å². The third-order valence-corrected chi connectivity index (χ3v) is 6.10. The van der Waals surface area contributed by atoms with Crippen LogP contribution in [0.2, 0.25) is 0 Å². The summed E-state index contributed by atoms with van der Waals surface area (Å²) in [5.41, 5.74) is 0.175. The quantitative estimate of drug-likeness (QED) is 0.578. The second kappa shape index (κ2) is 9.13. The highest BCUT2D eigenvalue weighted by Crippen LogP contribution is 2.46. The molecule has 0 heterocycles. The number of aryl methyl sites for hydroxylation is 1. The van der Waals surface area contributed by atoms with Crippen molar-refractivity contribution >= 4 is 27.6 Å². The van der Waals surface area contributed by atoms with Crippen LogP contribution in [-0.2, 0) is 14.8 Å². The Morgan fingerprint density at radius 2 is 1.55 bits per heavy atom. The number of esters is 1. The second-order valence-corrected chi connectivity index (χ2v) is 8.04. The summed E-state index contributed by atoms with van der Waals surface area (Å²) in [7, 11) is 0.690. The Kier molecular flexibility index (Phi) is 7.01. The van der Waals surface area contributed by atoms with E-state index >= 15 is 0 Å². The number of sulfonamides is 1. The maximum absolute atomic E-state index is 13.3. The minimum absolute atomic E-state index is 0.0440. The van der Waals surface area contributed by atoms with E-state index in [1.54, 1.807) is 13.8 Å². The molecule has 0 fully saturated rings. The Bertz CT molecular complexity index is 1140. The number of carbonyl (C=O) groups excluding carboxylic acids is 1. The first-order valence-corrected chi connectivity index (χ1v) is 10.3. The van der Waals surface area contributed by atoms with Crippen molar-refractivity contribution in [3.63, 3.8) is 0 Å². The van der Waals surface area contributed by atoms with Crippen LogP contribution >= 0.6 is 0 Å². The van der Waals surface area contributed by atoms with Crippen molar-refractivity contribution in [2.24, 2.45) is 0 Å². The fraction of sp³-hybridized carbons (Fsp3) is 0.300. The molecule has 2 rings (SSSR count). The number of benzene rings is 2. The molecule has 10 nitrogen and oxygen atoms in total. The van der Waals surface area contributed by atoms with E-state index in [-0.39, 0.29) is 39.0 Å². The normalized spacial score (nSPS) is 10.9. The van der Waals surface area contributed by atoms with Gasteiger partial charge >= 0.3 is 11.9 Å². The standard InChI is InChI=1S/C20H23NO9S/c1-10-7-12(19(22)23)8-15(11(10)2)31(25,26)21-16-13(20(24)30-6)9-14(27-3)17(28-4)18(16)29-5/h7-9,21H,1-6H3,(H,22,23). The predicted octanol–water partition coefficient (Wildman–Crippen LogP) is 2.61. The van der Waals surface area contributed by atoms with Gasteiger partial charge < -0.3 is 24.1 Å². The van der Waals surface area contributed by atoms with Crippen molar-refractivity contribution in [2.75, 3.05) is 33.2 Å². The fourth-order valence-electron chi connectivity index (χ4n) is 2.95. The lowest BCUT2D eigenvalue weighted by Gasteiger charge is -2.20. The van der Waals surface area contributed by atoms with Gasteiger partial charge in [-0.05, 0) is 37.1 Å². The summed E-state index contributed by atoms with van der Waals surface area (Å²) in [6.07, 6.45) is 0. The van der Waals surface area contributed by atoms with Crippen molar-refractivity contribution in [1.29, 1.82) is 0 Å². The Morgan fingerprint density at radius 1 is 0.935 bits per heavy atom. The number of carboxylic acids is 1. The highest BCUT2D eigenvalue weighted by atomic mass is 32.2. The molecule has 0 unspecified atom stereocenters. The average molecular weight is 453 g/mol. The molecular weight excluding hydrogens is 430 g/mol. The van der Waals surface area contributed by atoms with E-state index < -0.39 is 22.0 Å². The molecule has 0 spiro atoms. The number of anilines is 1. The molecule has 0 aromatic heterocycles. The van der Waals surface area contributed by atoms with Crippen molar-refractivity contribution < 1.29 is 42.1 Å². The molecule has 168 valence electrons. The molecule has 0 amide bonds. The van der Waals surface area contributed by atoms with Gasteiger partial charge in [-0.1, -0.05) is 0 Å². The maximum Gasteiger partial charge on any atom is 0.340 e. The van der Waals surface area contributed by atoms with Gasteiger partial charge in [0.1, 0.15) is 5.69 Å². The number of nitrogens with one attached hydrogen (secondary N) is 1. The van der Waals surface area contributed by atoms with E-state index in [1.807, 2.05) is 0 Å². The number of aromatic carboxylic acids is 1. The maximum atomic E-state index is 13.3. The molecule has 0 atom stereocenters. The van der Waals surface area contributed by atoms with Crippen LogP contribution in [0.15, 0.2) is 23.1 Å². The van der Waals surface area contributed by atoms with E-state index in [4.69, 9.17) is 18.9 Å². The third-order valence-electron chi connectivity index (χ3n) is 4.63. The van der Waals surface area contributed by atoms with Gasteiger partial charge in [-0.2, -0.15) is 0 Å². The average Bonchev–Trinajstić information content (AvgIpc) is 2.73. The summed E-state index contributed by atoms with van der Waals surface area (Å²) in [4.78, 5) is 23.5. The Morgan fingerprint density at radius 3 is 2.03 bits per heavy atom. The molecular formula is C20H23NO9S. The van der Waals surface area contributed by atoms with Crippen LogP contribution in [0.1, 0.15) is 31.8 Å². The number of carbonyl (C=O) groups is 2. The van der Waals surface area contributed by atoms with Crippen molar-refractivity contribution in [2.45, 2.75) is 18.7 Å². The van der Waals surface area contributed by atoms with Crippen LogP contribution in [0, 0.1) is 13.8 Å². The summed E-state index contributed by atoms with van der Waals surface area (Å²) in [5.74, 6) is -2.10. The number of rotatable bonds is 8. The molecule has 11 heteroatoms. The van der Waals surface area contributed by atoms with Crippen LogP contribution in [0.25, 0.3) is 0 Å². The number of hydrogen-bond donors (Lipinski definition) is 2. The van der Waals surface area contributed by atoms with Gasteiger partial charge in [0.15, 0.2) is 11.5 Å². The van der Waals surface area contributed by atoms with Crippen LogP contribution in [0.4, 0.5) is 5.69 Å². The third kappa shape index (κ3) is 4.50. The Labute approximate surface area is 179 Å². The highest BCUT2D eigenvalue weighted by Gasteiger charge is 2.29. The first-order valence-electron chi connectivity index (χ1n) is 8.80. The molecule has 2 N–H and O–H groups in total. The zero-order valence-electron chi connectivity index (χ0n) is 17.9. The van der Waals surface area contributed by atoms with E-state index in [0.717, 1.165) is 13.2 Å². The molecule has 0 aliphatic carbocycles. The number of methoxy groups -OCH3 is 4. The summed E-state index contributed by atoms with van der Waals surface area (Å²) >= 11 is 0. The zero-order chi connectivity index (χ0) is 23.5. The van der Waals surface area contributed by atoms with Crippen LogP contribution in [-0.4, -0.2) is 53.9 Å². The van der Waals surface area contributed by atoms with Crippen molar-refractivity contribution in [3.05, 3.63) is 40.5 Å². The topological polar surface area (TPSA) is 137 Å². The van der Waals surface area contributed by atoms with Gasteiger partial charge in [0, 0.05) is 6.07 Å². The molecule has 0 radical (unpaired) electrons. The van der Waals surface area contributed by atoms with E-state index in [1.165, 1.54) is 33.5 Å². The van der Waals surface area contributed by atoms with Gasteiger partial charge in [-0.15, -0.1) is 0 Å². The van der Waals surface area contributed by atoms with Gasteiger partial charge in [0.2, 0.25) is 5.75 Å². The molecule has 0 saturated heterocycles. The largest absolute Gasteiger partial charge is 0.493 e. The second-order valence-electron chi connectivity index (χ2n) is 6.39. The number of carboxylic acid groups (broad SMARTS) is 1. The van der Waals surface area contributed by atoms with Crippen LogP contribution in [0.3, 0.4) is 0 Å². The first-order chi connectivity index (χ1) is 14.5. The summed E-state index contributed by atoms with van der Waals surface area (Å²) in [5, 5.41) is 9.31. The van der Waals surface area contributed by atoms with Gasteiger partial charge in [-0.25, -0.2) is 18.0 Å². The molecule has 0 bridgehead atoms. The SMILES string of the molecule is COC(=O)c1cc(OC)c(OC)c(OC)c1NS(=O)(=O)c1cc(C(=O)O)cc(C)c1C. The van der Waals surface area contributed by atoms with Crippen molar-refractivity contribution in [3.8, 4) is 17.2 Å². The first kappa shape index (κ1) is 23.8. The molecule has 0 aliphatic heterocycles. The Hall–Kier alpha value is -3.47. The molecule has 2 aromatic rings. The van der Waals surface area contributed by atoms with Gasteiger partial charge in [0.25, 0.3) is 10.0 Å². The van der Waals surface area contributed by atoms with Gasteiger partial charge in [0.05, 0.1) is 44.5 Å². The zero-order valence-corrected chi connectivity index (χ0v) is 18.7. The number of hydrogen-bond acceptors (Lipinski definition) is 8. The van der Waals surface area contributed by atoms with Gasteiger partial charge in [-0.3, -0.25) is 4.72 Å². The van der Waals surface area contributed by atoms with Crippen molar-refractivity contribution in [1.82, 2.24) is 0 Å². The minimum atomic E-state index is -4.36. The fourth-order valence-corrected chi connectivity index (χ4v) is 4.37. The predicted molar refractivity (Wildman–Crippen MR) is 111 cm³/mol. The summed E-state index contributed by atoms with van der Waals surface area (Å²) < 4.78 is 49.4. The smallest absolute Gasteiger partial charge is 0.340 e. The Balaban J connectivity index is 2.80. The molecule has 0 saturated carbocycles. The minimum Gasteiger partial charge on any atom is -0.493 e. The van der Waals surface area contributed by atoms with E-state index in [9.17, 15) is 23.1 Å². The lowest BCUT2D eigenvalue weighted by Crippen LogP contribution is -2.19. The monoisotopic (exact) mass is 453 g/mol. The van der Waals surface area contributed by atoms with E-state index in [0.29, 0.717) is 11.1 Å². The number of ether oxygens (including phenoxy) is 4. The molecule has 0 aliphatic rings. The summed E-state index contributed by atoms with van der Waals surface area (Å²) in [6, 6.07) is 3.66. The van der Waals surface area contributed by atoms with E-state index in [2.05, 4.69) is 4.72 Å². The summed E-state index contributed by atoms with van der Waals surface area (Å²) in [6.45, 7) is 3.14. The lowest BCUT2D eigenvalue weighted by atomic mass is 10.1. The molecule has 2 aromatic carbocycles.